The van der Waals surface area contributed by atoms with Crippen LogP contribution >= 0.6 is 11.3 Å². The Morgan fingerprint density at radius 1 is 1.36 bits per heavy atom. The van der Waals surface area contributed by atoms with Crippen molar-refractivity contribution in [1.29, 1.82) is 0 Å². The molecule has 2 aromatic heterocycles. The largest absolute Gasteiger partial charge is 0.339 e. The Balaban J connectivity index is 1.48. The third-order valence-corrected chi connectivity index (χ3v) is 4.47. The minimum absolute atomic E-state index is 0.116. The molecule has 1 aliphatic rings. The van der Waals surface area contributed by atoms with Gasteiger partial charge in [0.2, 0.25) is 5.95 Å². The Labute approximate surface area is 133 Å². The van der Waals surface area contributed by atoms with E-state index in [0.717, 1.165) is 36.8 Å². The Morgan fingerprint density at radius 2 is 2.23 bits per heavy atom. The number of urea groups is 1. The Hall–Kier alpha value is -2.15. The first-order chi connectivity index (χ1) is 10.8. The van der Waals surface area contributed by atoms with Crippen LogP contribution in [0, 0.1) is 0 Å². The van der Waals surface area contributed by atoms with E-state index in [1.54, 1.807) is 29.8 Å². The molecule has 3 heterocycles. The van der Waals surface area contributed by atoms with E-state index >= 15 is 0 Å². The summed E-state index contributed by atoms with van der Waals surface area (Å²) in [7, 11) is 0. The molecule has 6 nitrogen and oxygen atoms in total. The predicted molar refractivity (Wildman–Crippen MR) is 87.0 cm³/mol. The number of amides is 2. The first kappa shape index (κ1) is 14.8. The highest BCUT2D eigenvalue weighted by atomic mass is 32.1. The highest BCUT2D eigenvalue weighted by molar-refractivity contribution is 7.09. The molecule has 0 radical (unpaired) electrons. The van der Waals surface area contributed by atoms with Crippen LogP contribution in [0.4, 0.5) is 10.7 Å². The second-order valence-corrected chi connectivity index (χ2v) is 6.27. The van der Waals surface area contributed by atoms with E-state index < -0.39 is 0 Å². The highest BCUT2D eigenvalue weighted by Crippen LogP contribution is 2.15. The van der Waals surface area contributed by atoms with Crippen LogP contribution in [0.3, 0.4) is 0 Å². The fraction of sp³-hybridized carbons (Fsp3) is 0.400. The van der Waals surface area contributed by atoms with Crippen molar-refractivity contribution in [2.45, 2.75) is 25.4 Å². The fourth-order valence-corrected chi connectivity index (χ4v) is 3.19. The first-order valence-corrected chi connectivity index (χ1v) is 8.28. The number of nitrogens with one attached hydrogen (secondary N) is 2. The standard InChI is InChI=1S/C15H19N5OS/c21-15(18-10-13-5-2-9-22-13)19-12-4-1-8-20(11-12)14-16-6-3-7-17-14/h2-3,5-7,9,12H,1,4,8,10-11H2,(H2,18,19,21)/t12-/m0/s1. The van der Waals surface area contributed by atoms with E-state index in [-0.39, 0.29) is 12.1 Å². The van der Waals surface area contributed by atoms with Crippen LogP contribution in [0.2, 0.25) is 0 Å². The summed E-state index contributed by atoms with van der Waals surface area (Å²) in [5, 5.41) is 7.94. The lowest BCUT2D eigenvalue weighted by atomic mass is 10.1. The molecule has 0 aliphatic carbocycles. The Bertz CT molecular complexity index is 589. The van der Waals surface area contributed by atoms with Crippen molar-refractivity contribution in [2.24, 2.45) is 0 Å². The average Bonchev–Trinajstić information content (AvgIpc) is 3.08. The molecule has 1 atom stereocenters. The summed E-state index contributed by atoms with van der Waals surface area (Å²) in [6, 6.07) is 5.81. The van der Waals surface area contributed by atoms with E-state index in [4.69, 9.17) is 0 Å². The van der Waals surface area contributed by atoms with Gasteiger partial charge in [-0.3, -0.25) is 0 Å². The van der Waals surface area contributed by atoms with Crippen molar-refractivity contribution in [2.75, 3.05) is 18.0 Å². The smallest absolute Gasteiger partial charge is 0.315 e. The van der Waals surface area contributed by atoms with Crippen LogP contribution in [-0.4, -0.2) is 35.1 Å². The van der Waals surface area contributed by atoms with Crippen molar-refractivity contribution in [3.05, 3.63) is 40.8 Å². The number of thiophene rings is 1. The first-order valence-electron chi connectivity index (χ1n) is 7.40. The molecule has 0 aromatic carbocycles. The van der Waals surface area contributed by atoms with Gasteiger partial charge in [0.1, 0.15) is 0 Å². The van der Waals surface area contributed by atoms with Gasteiger partial charge in [-0.2, -0.15) is 0 Å². The van der Waals surface area contributed by atoms with Gasteiger partial charge in [-0.1, -0.05) is 6.07 Å². The topological polar surface area (TPSA) is 70.2 Å². The minimum atomic E-state index is -0.116. The molecular weight excluding hydrogens is 298 g/mol. The number of aromatic nitrogens is 2. The molecule has 1 aliphatic heterocycles. The molecular formula is C15H19N5OS. The maximum absolute atomic E-state index is 12.0. The summed E-state index contributed by atoms with van der Waals surface area (Å²) in [5.74, 6) is 0.730. The summed E-state index contributed by atoms with van der Waals surface area (Å²) in [6.07, 6.45) is 5.49. The zero-order valence-electron chi connectivity index (χ0n) is 12.2. The molecule has 116 valence electrons. The molecule has 0 bridgehead atoms. The van der Waals surface area contributed by atoms with Gasteiger partial charge in [0, 0.05) is 36.4 Å². The SMILES string of the molecule is O=C(NCc1cccs1)N[C@H]1CCCN(c2ncccn2)C1. The zero-order chi connectivity index (χ0) is 15.2. The van der Waals surface area contributed by atoms with Crippen LogP contribution < -0.4 is 15.5 Å². The van der Waals surface area contributed by atoms with Crippen molar-refractivity contribution in [3.8, 4) is 0 Å². The molecule has 0 saturated carbocycles. The van der Waals surface area contributed by atoms with Crippen LogP contribution in [-0.2, 0) is 6.54 Å². The van der Waals surface area contributed by atoms with Crippen molar-refractivity contribution in [1.82, 2.24) is 20.6 Å². The zero-order valence-corrected chi connectivity index (χ0v) is 13.1. The summed E-state index contributed by atoms with van der Waals surface area (Å²) >= 11 is 1.64. The second kappa shape index (κ2) is 7.22. The second-order valence-electron chi connectivity index (χ2n) is 5.24. The van der Waals surface area contributed by atoms with Gasteiger partial charge in [0.25, 0.3) is 0 Å². The highest BCUT2D eigenvalue weighted by Gasteiger charge is 2.22. The third-order valence-electron chi connectivity index (χ3n) is 3.59. The van der Waals surface area contributed by atoms with Gasteiger partial charge in [-0.15, -0.1) is 11.3 Å². The lowest BCUT2D eigenvalue weighted by Crippen LogP contribution is -2.50. The number of rotatable bonds is 4. The quantitative estimate of drug-likeness (QED) is 0.905. The summed E-state index contributed by atoms with van der Waals surface area (Å²) < 4.78 is 0. The van der Waals surface area contributed by atoms with Gasteiger partial charge in [-0.25, -0.2) is 14.8 Å². The number of hydrogen-bond donors (Lipinski definition) is 2. The summed E-state index contributed by atoms with van der Waals surface area (Å²) in [4.78, 5) is 23.8. The van der Waals surface area contributed by atoms with Crippen LogP contribution in [0.5, 0.6) is 0 Å². The lowest BCUT2D eigenvalue weighted by molar-refractivity contribution is 0.234. The fourth-order valence-electron chi connectivity index (χ4n) is 2.55. The molecule has 1 fully saturated rings. The lowest BCUT2D eigenvalue weighted by Gasteiger charge is -2.33. The summed E-state index contributed by atoms with van der Waals surface area (Å²) in [5.41, 5.74) is 0. The molecule has 3 rings (SSSR count). The van der Waals surface area contributed by atoms with E-state index in [9.17, 15) is 4.79 Å². The van der Waals surface area contributed by atoms with Gasteiger partial charge < -0.3 is 15.5 Å². The van der Waals surface area contributed by atoms with E-state index in [0.29, 0.717) is 6.54 Å². The molecule has 0 unspecified atom stereocenters. The van der Waals surface area contributed by atoms with Crippen LogP contribution in [0.25, 0.3) is 0 Å². The van der Waals surface area contributed by atoms with E-state index in [1.165, 1.54) is 0 Å². The van der Waals surface area contributed by atoms with Gasteiger partial charge in [0.15, 0.2) is 0 Å². The number of piperidine rings is 1. The molecule has 2 amide bonds. The van der Waals surface area contributed by atoms with Crippen LogP contribution in [0.15, 0.2) is 36.0 Å². The summed E-state index contributed by atoms with van der Waals surface area (Å²) in [6.45, 7) is 2.25. The van der Waals surface area contributed by atoms with Gasteiger partial charge in [0.05, 0.1) is 6.54 Å². The number of carbonyl (C=O) groups is 1. The molecule has 2 N–H and O–H groups in total. The average molecular weight is 317 g/mol. The maximum Gasteiger partial charge on any atom is 0.315 e. The Kier molecular flexibility index (Phi) is 4.85. The number of anilines is 1. The van der Waals surface area contributed by atoms with Crippen molar-refractivity contribution in [3.63, 3.8) is 0 Å². The molecule has 1 saturated heterocycles. The van der Waals surface area contributed by atoms with E-state index in [2.05, 4.69) is 25.5 Å². The normalized spacial score (nSPS) is 18.0. The number of hydrogen-bond acceptors (Lipinski definition) is 5. The number of carbonyl (C=O) groups excluding carboxylic acids is 1. The van der Waals surface area contributed by atoms with Crippen molar-refractivity contribution < 1.29 is 4.79 Å². The molecule has 0 spiro atoms. The molecule has 2 aromatic rings. The molecule has 22 heavy (non-hydrogen) atoms. The number of nitrogens with zero attached hydrogens (tertiary/aromatic N) is 3. The predicted octanol–water partition coefficient (Wildman–Crippen LogP) is 2.01. The van der Waals surface area contributed by atoms with E-state index in [1.807, 2.05) is 17.5 Å². The maximum atomic E-state index is 12.0. The monoisotopic (exact) mass is 317 g/mol. The Morgan fingerprint density at radius 3 is 3.00 bits per heavy atom. The third kappa shape index (κ3) is 3.94. The van der Waals surface area contributed by atoms with Gasteiger partial charge >= 0.3 is 6.03 Å². The minimum Gasteiger partial charge on any atom is -0.339 e. The van der Waals surface area contributed by atoms with Crippen molar-refractivity contribution >= 4 is 23.3 Å². The van der Waals surface area contributed by atoms with Crippen LogP contribution in [0.1, 0.15) is 17.7 Å². The van der Waals surface area contributed by atoms with Gasteiger partial charge in [-0.05, 0) is 30.4 Å². The molecule has 7 heteroatoms.